The standard InChI is InChI=1S/C23H29N5O4S/c1-13-17(20-26-15-7-3-4-8-16(15)33-20)19(27-21(25-13)24-11-5-6-12-32-2)28-22(30)10-9-14-18(29)23(14,22)31/h3-4,7-8,14,18,29-31H,5-6,9-12H2,1-2H3,(H2,24,25,27,28). The van der Waals surface area contributed by atoms with Crippen LogP contribution in [0.5, 0.6) is 0 Å². The first-order valence-electron chi connectivity index (χ1n) is 11.3. The van der Waals surface area contributed by atoms with E-state index in [9.17, 15) is 15.3 Å². The summed E-state index contributed by atoms with van der Waals surface area (Å²) in [6.07, 6.45) is 1.72. The van der Waals surface area contributed by atoms with Crippen molar-refractivity contribution in [2.75, 3.05) is 30.9 Å². The van der Waals surface area contributed by atoms with E-state index in [1.807, 2.05) is 31.2 Å². The van der Waals surface area contributed by atoms with Crippen LogP contribution >= 0.6 is 11.3 Å². The number of aryl methyl sites for hydroxylation is 1. The predicted octanol–water partition coefficient (Wildman–Crippen LogP) is 2.52. The molecule has 0 aliphatic heterocycles. The molecule has 2 heterocycles. The fraction of sp³-hybridized carbons (Fsp3) is 0.522. The third-order valence-electron chi connectivity index (χ3n) is 6.75. The summed E-state index contributed by atoms with van der Waals surface area (Å²) >= 11 is 1.52. The smallest absolute Gasteiger partial charge is 0.224 e. The summed E-state index contributed by atoms with van der Waals surface area (Å²) in [4.78, 5) is 14.1. The Morgan fingerprint density at radius 2 is 2.00 bits per heavy atom. The largest absolute Gasteiger partial charge is 0.390 e. The normalized spacial score (nSPS) is 28.2. The zero-order valence-electron chi connectivity index (χ0n) is 18.7. The van der Waals surface area contributed by atoms with E-state index in [2.05, 4.69) is 20.6 Å². The van der Waals surface area contributed by atoms with Gasteiger partial charge in [-0.2, -0.15) is 4.98 Å². The number of nitrogens with zero attached hydrogens (tertiary/aromatic N) is 3. The Morgan fingerprint density at radius 1 is 1.18 bits per heavy atom. The molecule has 0 saturated heterocycles. The lowest BCUT2D eigenvalue weighted by Crippen LogP contribution is -2.51. The second-order valence-electron chi connectivity index (χ2n) is 8.87. The number of unbranched alkanes of at least 4 members (excludes halogenated alkanes) is 1. The molecule has 4 atom stereocenters. The highest BCUT2D eigenvalue weighted by atomic mass is 32.1. The maximum absolute atomic E-state index is 11.3. The third-order valence-corrected chi connectivity index (χ3v) is 7.80. The van der Waals surface area contributed by atoms with Crippen molar-refractivity contribution < 1.29 is 20.1 Å². The number of aliphatic hydroxyl groups is 3. The van der Waals surface area contributed by atoms with Crippen LogP contribution in [0.15, 0.2) is 24.3 Å². The minimum Gasteiger partial charge on any atom is -0.390 e. The molecule has 1 aromatic carbocycles. The molecular formula is C23H29N5O4S. The van der Waals surface area contributed by atoms with Crippen LogP contribution in [0.25, 0.3) is 20.8 Å². The number of nitrogens with one attached hydrogen (secondary N) is 2. The second kappa shape index (κ2) is 8.44. The summed E-state index contributed by atoms with van der Waals surface area (Å²) in [5, 5.41) is 39.5. The third kappa shape index (κ3) is 3.75. The van der Waals surface area contributed by atoms with Gasteiger partial charge in [0, 0.05) is 26.2 Å². The summed E-state index contributed by atoms with van der Waals surface area (Å²) in [5.41, 5.74) is -1.01. The topological polar surface area (TPSA) is 133 Å². The molecule has 2 fully saturated rings. The highest BCUT2D eigenvalue weighted by Gasteiger charge is 2.78. The molecule has 2 aliphatic carbocycles. The monoisotopic (exact) mass is 471 g/mol. The molecule has 0 radical (unpaired) electrons. The number of hydrogen-bond acceptors (Lipinski definition) is 10. The van der Waals surface area contributed by atoms with Crippen LogP contribution in [0, 0.1) is 12.8 Å². The minimum absolute atomic E-state index is 0.313. The number of ether oxygens (including phenoxy) is 1. The number of thiazole rings is 1. The first-order valence-corrected chi connectivity index (χ1v) is 12.1. The van der Waals surface area contributed by atoms with E-state index >= 15 is 0 Å². The van der Waals surface area contributed by atoms with E-state index in [1.165, 1.54) is 11.3 Å². The Bertz CT molecular complexity index is 1140. The molecule has 2 saturated carbocycles. The van der Waals surface area contributed by atoms with E-state index in [0.717, 1.165) is 28.1 Å². The summed E-state index contributed by atoms with van der Waals surface area (Å²) in [5.74, 6) is 0.484. The fourth-order valence-corrected chi connectivity index (χ4v) is 5.89. The minimum atomic E-state index is -1.68. The molecule has 10 heteroatoms. The first-order chi connectivity index (χ1) is 15.9. The quantitative estimate of drug-likeness (QED) is 0.236. The first kappa shape index (κ1) is 22.4. The van der Waals surface area contributed by atoms with Gasteiger partial charge in [-0.25, -0.2) is 9.97 Å². The van der Waals surface area contributed by atoms with Gasteiger partial charge < -0.3 is 30.7 Å². The van der Waals surface area contributed by atoms with Gasteiger partial charge in [-0.1, -0.05) is 12.1 Å². The van der Waals surface area contributed by atoms with Gasteiger partial charge in [0.1, 0.15) is 16.4 Å². The molecule has 33 heavy (non-hydrogen) atoms. The summed E-state index contributed by atoms with van der Waals surface area (Å²) in [6, 6.07) is 7.87. The van der Waals surface area contributed by atoms with Gasteiger partial charge >= 0.3 is 0 Å². The highest BCUT2D eigenvalue weighted by Crippen LogP contribution is 2.61. The van der Waals surface area contributed by atoms with Gasteiger partial charge in [-0.05, 0) is 44.7 Å². The van der Waals surface area contributed by atoms with Crippen molar-refractivity contribution in [3.63, 3.8) is 0 Å². The molecule has 4 unspecified atom stereocenters. The number of aromatic nitrogens is 3. The van der Waals surface area contributed by atoms with Crippen molar-refractivity contribution in [1.82, 2.24) is 15.0 Å². The summed E-state index contributed by atoms with van der Waals surface area (Å²) in [7, 11) is 1.68. The molecule has 2 aliphatic rings. The Kier molecular flexibility index (Phi) is 5.74. The molecule has 0 amide bonds. The fourth-order valence-electron chi connectivity index (χ4n) is 4.83. The van der Waals surface area contributed by atoms with Gasteiger partial charge in [0.2, 0.25) is 5.95 Å². The molecule has 2 aromatic heterocycles. The number of fused-ring (bicyclic) bond motifs is 2. The van der Waals surface area contributed by atoms with E-state index < -0.39 is 17.4 Å². The van der Waals surface area contributed by atoms with Crippen molar-refractivity contribution in [2.45, 2.75) is 50.0 Å². The molecule has 0 spiro atoms. The lowest BCUT2D eigenvalue weighted by atomic mass is 10.0. The molecule has 3 aromatic rings. The zero-order chi connectivity index (χ0) is 23.2. The summed E-state index contributed by atoms with van der Waals surface area (Å²) < 4.78 is 6.13. The van der Waals surface area contributed by atoms with E-state index in [1.54, 1.807) is 7.11 Å². The molecular weight excluding hydrogens is 442 g/mol. The Balaban J connectivity index is 1.50. The Labute approximate surface area is 195 Å². The number of methoxy groups -OCH3 is 1. The molecule has 5 N–H and O–H groups in total. The van der Waals surface area contributed by atoms with E-state index in [4.69, 9.17) is 9.72 Å². The zero-order valence-corrected chi connectivity index (χ0v) is 19.5. The lowest BCUT2D eigenvalue weighted by Gasteiger charge is -2.32. The van der Waals surface area contributed by atoms with Crippen LogP contribution in [0.2, 0.25) is 0 Å². The van der Waals surface area contributed by atoms with Crippen molar-refractivity contribution in [2.24, 2.45) is 5.92 Å². The van der Waals surface area contributed by atoms with Crippen molar-refractivity contribution >= 4 is 33.3 Å². The number of aliphatic hydroxyl groups excluding tert-OH is 1. The Morgan fingerprint density at radius 3 is 2.73 bits per heavy atom. The van der Waals surface area contributed by atoms with E-state index in [-0.39, 0.29) is 5.92 Å². The van der Waals surface area contributed by atoms with Gasteiger partial charge in [0.25, 0.3) is 0 Å². The average molecular weight is 472 g/mol. The number of hydrogen-bond donors (Lipinski definition) is 5. The average Bonchev–Trinajstić information content (AvgIpc) is 3.06. The molecule has 9 nitrogen and oxygen atoms in total. The van der Waals surface area contributed by atoms with Crippen LogP contribution in [0.4, 0.5) is 11.8 Å². The van der Waals surface area contributed by atoms with Gasteiger partial charge in [-0.15, -0.1) is 11.3 Å². The molecule has 5 rings (SSSR count). The van der Waals surface area contributed by atoms with Crippen LogP contribution in [-0.2, 0) is 4.74 Å². The van der Waals surface area contributed by atoms with E-state index in [0.29, 0.717) is 49.0 Å². The number of anilines is 2. The van der Waals surface area contributed by atoms with Crippen LogP contribution in [0.1, 0.15) is 31.4 Å². The van der Waals surface area contributed by atoms with Crippen molar-refractivity contribution in [1.29, 1.82) is 0 Å². The maximum Gasteiger partial charge on any atom is 0.224 e. The van der Waals surface area contributed by atoms with Gasteiger partial charge in [0.15, 0.2) is 5.72 Å². The molecule has 176 valence electrons. The number of para-hydroxylation sites is 1. The van der Waals surface area contributed by atoms with Crippen LogP contribution in [0.3, 0.4) is 0 Å². The highest BCUT2D eigenvalue weighted by molar-refractivity contribution is 7.21. The summed E-state index contributed by atoms with van der Waals surface area (Å²) in [6.45, 7) is 3.25. The van der Waals surface area contributed by atoms with Crippen molar-refractivity contribution in [3.8, 4) is 10.6 Å². The second-order valence-corrected chi connectivity index (χ2v) is 9.90. The van der Waals surface area contributed by atoms with Crippen molar-refractivity contribution in [3.05, 3.63) is 30.0 Å². The molecule has 0 bridgehead atoms. The lowest BCUT2D eigenvalue weighted by molar-refractivity contribution is -0.0851. The van der Waals surface area contributed by atoms with Gasteiger partial charge in [-0.3, -0.25) is 0 Å². The van der Waals surface area contributed by atoms with Crippen LogP contribution < -0.4 is 10.6 Å². The maximum atomic E-state index is 11.3. The number of rotatable bonds is 9. The predicted molar refractivity (Wildman–Crippen MR) is 127 cm³/mol. The SMILES string of the molecule is COCCCCNc1nc(C)c(-c2nc3ccccc3s2)c(NC2(O)CCC3C(O)C32O)n1. The van der Waals surface area contributed by atoms with Gasteiger partial charge in [0.05, 0.1) is 27.6 Å². The van der Waals surface area contributed by atoms with Crippen LogP contribution in [-0.4, -0.2) is 68.0 Å². The number of benzene rings is 1. The Hall–Kier alpha value is -2.37.